The number of ether oxygens (including phenoxy) is 1. The molecule has 0 atom stereocenters. The second-order valence-corrected chi connectivity index (χ2v) is 7.39. The van der Waals surface area contributed by atoms with Crippen LogP contribution in [0.1, 0.15) is 41.5 Å². The van der Waals surface area contributed by atoms with Gasteiger partial charge in [0.25, 0.3) is 0 Å². The first-order valence-corrected chi connectivity index (χ1v) is 8.67. The first-order chi connectivity index (χ1) is 10.9. The van der Waals surface area contributed by atoms with Gasteiger partial charge in [0.1, 0.15) is 6.61 Å². The smallest absolute Gasteiger partial charge is 0.338 e. The van der Waals surface area contributed by atoms with Gasteiger partial charge in [-0.25, -0.2) is 22.9 Å². The van der Waals surface area contributed by atoms with Gasteiger partial charge in [0, 0.05) is 17.8 Å². The molecular formula is C15H17N3O4S. The van der Waals surface area contributed by atoms with E-state index < -0.39 is 16.0 Å². The highest BCUT2D eigenvalue weighted by Gasteiger charge is 2.24. The molecule has 0 aliphatic carbocycles. The predicted octanol–water partition coefficient (Wildman–Crippen LogP) is 1.61. The number of fused-ring (bicyclic) bond motifs is 1. The molecule has 0 unspecified atom stereocenters. The minimum Gasteiger partial charge on any atom is -0.457 e. The fourth-order valence-electron chi connectivity index (χ4n) is 2.27. The van der Waals surface area contributed by atoms with Gasteiger partial charge in [-0.3, -0.25) is 0 Å². The molecule has 1 aliphatic heterocycles. The van der Waals surface area contributed by atoms with Crippen LogP contribution in [0.25, 0.3) is 0 Å². The molecule has 0 radical (unpaired) electrons. The Morgan fingerprint density at radius 1 is 1.39 bits per heavy atom. The maximum absolute atomic E-state index is 12.4. The third-order valence-electron chi connectivity index (χ3n) is 3.66. The van der Waals surface area contributed by atoms with E-state index in [1.807, 2.05) is 18.4 Å². The zero-order valence-corrected chi connectivity index (χ0v) is 13.6. The second kappa shape index (κ2) is 5.78. The summed E-state index contributed by atoms with van der Waals surface area (Å²) in [4.78, 5) is 15.7. The number of hydrogen-bond acceptors (Lipinski definition) is 5. The van der Waals surface area contributed by atoms with E-state index in [1.54, 1.807) is 18.6 Å². The second-order valence-electron chi connectivity index (χ2n) is 5.63. The first kappa shape index (κ1) is 15.7. The van der Waals surface area contributed by atoms with Crippen molar-refractivity contribution in [3.8, 4) is 0 Å². The van der Waals surface area contributed by atoms with Gasteiger partial charge < -0.3 is 9.30 Å². The maximum Gasteiger partial charge on any atom is 0.338 e. The quantitative estimate of drug-likeness (QED) is 0.839. The summed E-state index contributed by atoms with van der Waals surface area (Å²) in [6.45, 7) is 4.30. The van der Waals surface area contributed by atoms with E-state index in [0.29, 0.717) is 16.8 Å². The van der Waals surface area contributed by atoms with Gasteiger partial charge in [-0.2, -0.15) is 0 Å². The van der Waals surface area contributed by atoms with E-state index >= 15 is 0 Å². The van der Waals surface area contributed by atoms with Crippen LogP contribution in [-0.4, -0.2) is 23.9 Å². The molecule has 2 aromatic rings. The lowest BCUT2D eigenvalue weighted by molar-refractivity contribution is 0.0535. The maximum atomic E-state index is 12.4. The Kier molecular flexibility index (Phi) is 3.95. The highest BCUT2D eigenvalue weighted by atomic mass is 32.2. The Morgan fingerprint density at radius 2 is 2.17 bits per heavy atom. The van der Waals surface area contributed by atoms with Crippen molar-refractivity contribution < 1.29 is 17.9 Å². The molecule has 2 heterocycles. The summed E-state index contributed by atoms with van der Waals surface area (Å²) in [6, 6.07) is 4.67. The molecule has 0 saturated heterocycles. The van der Waals surface area contributed by atoms with E-state index in [2.05, 4.69) is 9.71 Å². The molecule has 7 nitrogen and oxygen atoms in total. The fourth-order valence-corrected chi connectivity index (χ4v) is 3.29. The minimum atomic E-state index is -3.72. The molecule has 3 rings (SSSR count). The van der Waals surface area contributed by atoms with Crippen LogP contribution >= 0.6 is 0 Å². The summed E-state index contributed by atoms with van der Waals surface area (Å²) in [5.41, 5.74) is 1.63. The lowest BCUT2D eigenvalue weighted by atomic mass is 10.1. The molecule has 1 aliphatic rings. The van der Waals surface area contributed by atoms with Crippen molar-refractivity contribution in [3.05, 3.63) is 47.5 Å². The molecule has 0 bridgehead atoms. The number of sulfonamides is 1. The molecule has 122 valence electrons. The van der Waals surface area contributed by atoms with Crippen LogP contribution in [0.5, 0.6) is 0 Å². The highest BCUT2D eigenvalue weighted by Crippen LogP contribution is 2.23. The molecule has 0 fully saturated rings. The number of nitrogens with one attached hydrogen (secondary N) is 1. The third-order valence-corrected chi connectivity index (χ3v) is 5.06. The van der Waals surface area contributed by atoms with Crippen molar-refractivity contribution in [3.63, 3.8) is 0 Å². The molecule has 1 aromatic carbocycles. The SMILES string of the molecule is CC(C)n1cnc(CNS(=O)(=O)c2ccc3c(c2)C(=O)OC3)c1. The van der Waals surface area contributed by atoms with Crippen molar-refractivity contribution in [1.82, 2.24) is 14.3 Å². The largest absolute Gasteiger partial charge is 0.457 e. The summed E-state index contributed by atoms with van der Waals surface area (Å²) in [5, 5.41) is 0. The number of aromatic nitrogens is 2. The number of rotatable bonds is 5. The molecule has 0 saturated carbocycles. The van der Waals surface area contributed by atoms with Crippen LogP contribution < -0.4 is 4.72 Å². The number of hydrogen-bond donors (Lipinski definition) is 1. The third kappa shape index (κ3) is 3.13. The minimum absolute atomic E-state index is 0.0402. The fraction of sp³-hybridized carbons (Fsp3) is 0.333. The van der Waals surface area contributed by atoms with Crippen LogP contribution in [0.4, 0.5) is 0 Å². The van der Waals surface area contributed by atoms with E-state index in [1.165, 1.54) is 12.1 Å². The van der Waals surface area contributed by atoms with Gasteiger partial charge in [0.15, 0.2) is 0 Å². The molecule has 0 amide bonds. The van der Waals surface area contributed by atoms with Crippen molar-refractivity contribution in [2.24, 2.45) is 0 Å². The summed E-state index contributed by atoms with van der Waals surface area (Å²) in [5.74, 6) is -0.493. The highest BCUT2D eigenvalue weighted by molar-refractivity contribution is 7.89. The summed E-state index contributed by atoms with van der Waals surface area (Å²) in [6.07, 6.45) is 3.47. The van der Waals surface area contributed by atoms with Crippen LogP contribution in [0.15, 0.2) is 35.6 Å². The number of carbonyl (C=O) groups is 1. The Labute approximate surface area is 134 Å². The van der Waals surface area contributed by atoms with Gasteiger partial charge >= 0.3 is 5.97 Å². The number of nitrogens with zero attached hydrogens (tertiary/aromatic N) is 2. The zero-order chi connectivity index (χ0) is 16.6. The topological polar surface area (TPSA) is 90.3 Å². The molecule has 23 heavy (non-hydrogen) atoms. The number of imidazole rings is 1. The first-order valence-electron chi connectivity index (χ1n) is 7.19. The molecular weight excluding hydrogens is 318 g/mol. The monoisotopic (exact) mass is 335 g/mol. The van der Waals surface area contributed by atoms with Crippen LogP contribution in [0.2, 0.25) is 0 Å². The Morgan fingerprint density at radius 3 is 2.87 bits per heavy atom. The number of carbonyl (C=O) groups excluding carboxylic acids is 1. The van der Waals surface area contributed by atoms with Crippen LogP contribution in [0.3, 0.4) is 0 Å². The van der Waals surface area contributed by atoms with E-state index in [0.717, 1.165) is 0 Å². The average molecular weight is 335 g/mol. The van der Waals surface area contributed by atoms with Gasteiger partial charge in [-0.1, -0.05) is 6.07 Å². The molecule has 1 aromatic heterocycles. The van der Waals surface area contributed by atoms with E-state index in [-0.39, 0.29) is 24.1 Å². The lowest BCUT2D eigenvalue weighted by Crippen LogP contribution is -2.23. The van der Waals surface area contributed by atoms with Gasteiger partial charge in [0.2, 0.25) is 10.0 Å². The van der Waals surface area contributed by atoms with Gasteiger partial charge in [-0.15, -0.1) is 0 Å². The summed E-state index contributed by atoms with van der Waals surface area (Å²) < 4.78 is 34.0. The predicted molar refractivity (Wildman–Crippen MR) is 82.2 cm³/mol. The van der Waals surface area contributed by atoms with Crippen LogP contribution in [-0.2, 0) is 27.9 Å². The van der Waals surface area contributed by atoms with Crippen molar-refractivity contribution in [2.75, 3.05) is 0 Å². The Bertz CT molecular complexity index is 855. The Hall–Kier alpha value is -2.19. The Balaban J connectivity index is 1.76. The van der Waals surface area contributed by atoms with Gasteiger partial charge in [-0.05, 0) is 26.0 Å². The van der Waals surface area contributed by atoms with Crippen LogP contribution in [0, 0.1) is 0 Å². The average Bonchev–Trinajstić information content (AvgIpc) is 3.12. The number of cyclic esters (lactones) is 1. The molecule has 8 heteroatoms. The normalized spacial score (nSPS) is 14.1. The van der Waals surface area contributed by atoms with E-state index in [4.69, 9.17) is 4.74 Å². The van der Waals surface area contributed by atoms with E-state index in [9.17, 15) is 13.2 Å². The number of benzene rings is 1. The van der Waals surface area contributed by atoms with Gasteiger partial charge in [0.05, 0.1) is 29.0 Å². The zero-order valence-electron chi connectivity index (χ0n) is 12.8. The molecule has 0 spiro atoms. The van der Waals surface area contributed by atoms with Crippen molar-refractivity contribution >= 4 is 16.0 Å². The standard InChI is InChI=1S/C15H17N3O4S/c1-10(2)18-7-12(16-9-18)6-17-23(20,21)13-4-3-11-8-22-15(19)14(11)5-13/h3-5,7,9-10,17H,6,8H2,1-2H3. The molecule has 1 N–H and O–H groups in total. The summed E-state index contributed by atoms with van der Waals surface area (Å²) >= 11 is 0. The number of esters is 1. The van der Waals surface area contributed by atoms with Crippen molar-refractivity contribution in [1.29, 1.82) is 0 Å². The lowest BCUT2D eigenvalue weighted by Gasteiger charge is -2.07. The van der Waals surface area contributed by atoms with Crippen molar-refractivity contribution in [2.45, 2.75) is 37.9 Å². The summed E-state index contributed by atoms with van der Waals surface area (Å²) in [7, 11) is -3.72.